The van der Waals surface area contributed by atoms with Crippen LogP contribution in [-0.2, 0) is 38.0 Å². The van der Waals surface area contributed by atoms with E-state index < -0.39 is 0 Å². The van der Waals surface area contributed by atoms with E-state index in [1.807, 2.05) is 6.92 Å². The van der Waals surface area contributed by atoms with Crippen LogP contribution in [-0.4, -0.2) is 109 Å². The summed E-state index contributed by atoms with van der Waals surface area (Å²) >= 11 is 4.44. The lowest BCUT2D eigenvalue weighted by Gasteiger charge is -2.25. The highest BCUT2D eigenvalue weighted by Gasteiger charge is 2.21. The Labute approximate surface area is 227 Å². The van der Waals surface area contributed by atoms with E-state index in [0.29, 0.717) is 90.8 Å². The number of alkyl carbamates (subject to hydrolysis) is 1. The van der Waals surface area contributed by atoms with Gasteiger partial charge in [0.05, 0.1) is 66.1 Å². The molecule has 2 N–H and O–H groups in total. The molecule has 0 bridgehead atoms. The van der Waals surface area contributed by atoms with Crippen molar-refractivity contribution in [3.05, 3.63) is 0 Å². The van der Waals surface area contributed by atoms with E-state index >= 15 is 0 Å². The van der Waals surface area contributed by atoms with Gasteiger partial charge in [-0.1, -0.05) is 6.92 Å². The molecule has 0 atom stereocenters. The predicted octanol–water partition coefficient (Wildman–Crippen LogP) is 2.16. The van der Waals surface area contributed by atoms with Crippen LogP contribution in [0.15, 0.2) is 0 Å². The normalized spacial score (nSPS) is 16.8. The summed E-state index contributed by atoms with van der Waals surface area (Å²) in [6.45, 7) is 9.09. The zero-order valence-corrected chi connectivity index (χ0v) is 23.5. The first-order valence-electron chi connectivity index (χ1n) is 13.2. The average Bonchev–Trinajstić information content (AvgIpc) is 2.87. The number of aldehydes is 1. The van der Waals surface area contributed by atoms with E-state index in [1.54, 1.807) is 0 Å². The summed E-state index contributed by atoms with van der Waals surface area (Å²) in [7, 11) is 0. The minimum absolute atomic E-state index is 0.00206. The molecule has 1 saturated carbocycles. The molecule has 0 aromatic carbocycles. The maximum absolute atomic E-state index is 11.7. The molecule has 0 heterocycles. The molecule has 0 radical (unpaired) electrons. The highest BCUT2D eigenvalue weighted by Crippen LogP contribution is 2.24. The van der Waals surface area contributed by atoms with Gasteiger partial charge in [-0.15, -0.1) is 0 Å². The first-order chi connectivity index (χ1) is 18.0. The minimum Gasteiger partial charge on any atom is -0.446 e. The van der Waals surface area contributed by atoms with Crippen LogP contribution in [0, 0.1) is 0 Å². The van der Waals surface area contributed by atoms with Gasteiger partial charge in [0, 0.05) is 24.8 Å². The Bertz CT molecular complexity index is 550. The molecule has 11 nitrogen and oxygen atoms in total. The summed E-state index contributed by atoms with van der Waals surface area (Å²) in [4.78, 5) is 31.8. The Balaban J connectivity index is 0.00000410. The molecular weight excluding hydrogens is 504 g/mol. The van der Waals surface area contributed by atoms with E-state index in [9.17, 15) is 9.59 Å². The fourth-order valence-corrected chi connectivity index (χ4v) is 3.44. The maximum Gasteiger partial charge on any atom is 0.407 e. The summed E-state index contributed by atoms with van der Waals surface area (Å²) in [6, 6.07) is 0. The highest BCUT2D eigenvalue weighted by atomic mass is 32.1. The van der Waals surface area contributed by atoms with Crippen molar-refractivity contribution in [2.45, 2.75) is 63.7 Å². The number of hydrogen-bond acceptors (Lipinski definition) is 10. The van der Waals surface area contributed by atoms with Crippen molar-refractivity contribution in [3.8, 4) is 0 Å². The number of carbonyl (C=O) groups excluding carboxylic acids is 3. The van der Waals surface area contributed by atoms with E-state index in [-0.39, 0.29) is 18.1 Å². The molecule has 1 aliphatic carbocycles. The van der Waals surface area contributed by atoms with Crippen LogP contribution in [0.25, 0.3) is 0 Å². The summed E-state index contributed by atoms with van der Waals surface area (Å²) < 4.78 is 32.4. The largest absolute Gasteiger partial charge is 0.446 e. The first kappa shape index (κ1) is 35.6. The minimum atomic E-state index is -0.385. The number of hydrogen-bond donors (Lipinski definition) is 3. The van der Waals surface area contributed by atoms with Gasteiger partial charge in [-0.3, -0.25) is 4.79 Å². The molecule has 1 aliphatic rings. The zero-order valence-electron chi connectivity index (χ0n) is 22.6. The van der Waals surface area contributed by atoms with Crippen molar-refractivity contribution in [2.24, 2.45) is 0 Å². The molecule has 1 rings (SSSR count). The second-order valence-electron chi connectivity index (χ2n) is 8.16. The highest BCUT2D eigenvalue weighted by molar-refractivity contribution is 7.80. The Morgan fingerprint density at radius 2 is 1.16 bits per heavy atom. The van der Waals surface area contributed by atoms with Crippen LogP contribution in [0.5, 0.6) is 0 Å². The van der Waals surface area contributed by atoms with Crippen LogP contribution in [0.4, 0.5) is 4.79 Å². The van der Waals surface area contributed by atoms with Gasteiger partial charge in [0.25, 0.3) is 0 Å². The Morgan fingerprint density at radius 1 is 0.757 bits per heavy atom. The Hall–Kier alpha value is -1.44. The lowest BCUT2D eigenvalue weighted by atomic mass is 9.97. The van der Waals surface area contributed by atoms with Gasteiger partial charge in [0.2, 0.25) is 5.91 Å². The van der Waals surface area contributed by atoms with Crippen molar-refractivity contribution in [1.82, 2.24) is 10.6 Å². The number of ether oxygens (including phenoxy) is 6. The van der Waals surface area contributed by atoms with Gasteiger partial charge in [0.1, 0.15) is 12.4 Å². The standard InChI is InChI=1S/C23H44N2O8S.C2H4O/c1-2-3-22(26)24-8-10-28-12-14-30-16-18-32-19-17-31-15-13-29-11-9-25-23(27)33-20-4-6-21(34)7-5-20;1-2-3/h20-21,34H,2-19H2,1H3,(H,24,26)(H,25,27);2H,1H3. The fraction of sp³-hybridized carbons (Fsp3) is 0.880. The second-order valence-corrected chi connectivity index (χ2v) is 8.89. The van der Waals surface area contributed by atoms with Crippen molar-refractivity contribution in [2.75, 3.05) is 79.2 Å². The molecule has 0 aliphatic heterocycles. The van der Waals surface area contributed by atoms with Crippen LogP contribution >= 0.6 is 12.6 Å². The Kier molecular flexibility index (Phi) is 26.5. The van der Waals surface area contributed by atoms with Gasteiger partial charge in [-0.05, 0) is 39.0 Å². The molecule has 2 amide bonds. The zero-order chi connectivity index (χ0) is 27.4. The third-order valence-corrected chi connectivity index (χ3v) is 5.48. The number of rotatable bonds is 21. The average molecular weight is 553 g/mol. The van der Waals surface area contributed by atoms with E-state index in [0.717, 1.165) is 38.4 Å². The Morgan fingerprint density at radius 3 is 1.59 bits per heavy atom. The molecule has 0 unspecified atom stereocenters. The summed E-state index contributed by atoms with van der Waals surface area (Å²) in [5, 5.41) is 5.92. The van der Waals surface area contributed by atoms with Crippen LogP contribution in [0.3, 0.4) is 0 Å². The molecule has 1 fully saturated rings. The topological polar surface area (TPSA) is 131 Å². The van der Waals surface area contributed by atoms with Crippen molar-refractivity contribution in [1.29, 1.82) is 0 Å². The van der Waals surface area contributed by atoms with Crippen molar-refractivity contribution >= 4 is 30.9 Å². The lowest BCUT2D eigenvalue weighted by molar-refractivity contribution is -0.121. The third-order valence-electron chi connectivity index (χ3n) is 4.97. The number of carbonyl (C=O) groups is 3. The van der Waals surface area contributed by atoms with Gasteiger partial charge in [-0.2, -0.15) is 12.6 Å². The van der Waals surface area contributed by atoms with E-state index in [1.165, 1.54) is 6.92 Å². The SMILES string of the molecule is CC=O.CCCC(=O)NCCOCCOCCOCCOCCOCCNC(=O)OC1CCC(S)CC1. The van der Waals surface area contributed by atoms with Gasteiger partial charge in [-0.25, -0.2) is 4.79 Å². The molecule has 218 valence electrons. The summed E-state index contributed by atoms with van der Waals surface area (Å²) in [5.41, 5.74) is 0. The van der Waals surface area contributed by atoms with Gasteiger partial charge < -0.3 is 43.8 Å². The summed E-state index contributed by atoms with van der Waals surface area (Å²) in [5.74, 6) is 0.0599. The molecule has 0 saturated heterocycles. The first-order valence-corrected chi connectivity index (χ1v) is 13.7. The predicted molar refractivity (Wildman–Crippen MR) is 143 cm³/mol. The quantitative estimate of drug-likeness (QED) is 0.111. The second kappa shape index (κ2) is 27.6. The van der Waals surface area contributed by atoms with E-state index in [4.69, 9.17) is 33.2 Å². The molecule has 0 aromatic heterocycles. The van der Waals surface area contributed by atoms with Crippen LogP contribution in [0.1, 0.15) is 52.4 Å². The van der Waals surface area contributed by atoms with E-state index in [2.05, 4.69) is 23.3 Å². The van der Waals surface area contributed by atoms with Crippen molar-refractivity contribution in [3.63, 3.8) is 0 Å². The maximum atomic E-state index is 11.7. The molecule has 37 heavy (non-hydrogen) atoms. The lowest BCUT2D eigenvalue weighted by Crippen LogP contribution is -2.33. The van der Waals surface area contributed by atoms with Gasteiger partial charge in [0.15, 0.2) is 0 Å². The molecule has 0 spiro atoms. The smallest absolute Gasteiger partial charge is 0.407 e. The summed E-state index contributed by atoms with van der Waals surface area (Å²) in [6.07, 6.45) is 5.50. The van der Waals surface area contributed by atoms with Crippen molar-refractivity contribution < 1.29 is 42.8 Å². The van der Waals surface area contributed by atoms with Crippen LogP contribution in [0.2, 0.25) is 0 Å². The van der Waals surface area contributed by atoms with Gasteiger partial charge >= 0.3 is 6.09 Å². The molecular formula is C25H48N2O9S. The van der Waals surface area contributed by atoms with Crippen LogP contribution < -0.4 is 10.6 Å². The molecule has 12 heteroatoms. The third kappa shape index (κ3) is 26.0. The number of nitrogens with one attached hydrogen (secondary N) is 2. The number of thiol groups is 1. The fourth-order valence-electron chi connectivity index (χ4n) is 3.14. The molecule has 0 aromatic rings. The monoisotopic (exact) mass is 552 g/mol. The number of amides is 2.